The molecule has 0 fully saturated rings. The lowest BCUT2D eigenvalue weighted by atomic mass is 9.84. The molecule has 0 spiro atoms. The maximum Gasteiger partial charge on any atom is -0.00251 e. The third-order valence-corrected chi connectivity index (χ3v) is 8.89. The van der Waals surface area contributed by atoms with Crippen LogP contribution in [-0.4, -0.2) is 0 Å². The van der Waals surface area contributed by atoms with E-state index in [-0.39, 0.29) is 0 Å². The van der Waals surface area contributed by atoms with Gasteiger partial charge in [0.25, 0.3) is 0 Å². The van der Waals surface area contributed by atoms with Gasteiger partial charge < -0.3 is 0 Å². The number of aryl methyl sites for hydroxylation is 1. The van der Waals surface area contributed by atoms with Gasteiger partial charge in [-0.3, -0.25) is 0 Å². The number of rotatable bonds is 4. The number of hydrogen-bond acceptors (Lipinski definition) is 0. The third kappa shape index (κ3) is 4.88. The van der Waals surface area contributed by atoms with Crippen molar-refractivity contribution in [2.45, 2.75) is 26.7 Å². The molecule has 1 aliphatic carbocycles. The molecule has 43 heavy (non-hydrogen) atoms. The summed E-state index contributed by atoms with van der Waals surface area (Å²) >= 11 is 0. The predicted molar refractivity (Wildman–Crippen MR) is 186 cm³/mol. The highest BCUT2D eigenvalue weighted by molar-refractivity contribution is 6.21. The molecule has 0 saturated heterocycles. The van der Waals surface area contributed by atoms with Gasteiger partial charge in [0.15, 0.2) is 0 Å². The summed E-state index contributed by atoms with van der Waals surface area (Å²) in [6, 6.07) is 42.2. The van der Waals surface area contributed by atoms with E-state index in [9.17, 15) is 0 Å². The summed E-state index contributed by atoms with van der Waals surface area (Å²) in [6.45, 7) is 4.49. The third-order valence-electron chi connectivity index (χ3n) is 8.89. The van der Waals surface area contributed by atoms with Crippen molar-refractivity contribution in [2.75, 3.05) is 0 Å². The lowest BCUT2D eigenvalue weighted by Crippen LogP contribution is -1.99. The summed E-state index contributed by atoms with van der Waals surface area (Å²) in [5, 5.41) is 5.07. The van der Waals surface area contributed by atoms with E-state index in [1.807, 2.05) is 6.08 Å². The Hall–Kier alpha value is -5.12. The van der Waals surface area contributed by atoms with Crippen molar-refractivity contribution in [2.24, 2.45) is 5.92 Å². The van der Waals surface area contributed by atoms with Crippen molar-refractivity contribution < 1.29 is 0 Å². The van der Waals surface area contributed by atoms with Crippen LogP contribution >= 0.6 is 0 Å². The molecule has 206 valence electrons. The fourth-order valence-corrected chi connectivity index (χ4v) is 6.85. The summed E-state index contributed by atoms with van der Waals surface area (Å²) in [7, 11) is 0. The lowest BCUT2D eigenvalue weighted by molar-refractivity contribution is 0.594. The molecule has 0 nitrogen and oxygen atoms in total. The Labute approximate surface area is 255 Å². The molecule has 6 aromatic carbocycles. The van der Waals surface area contributed by atoms with Crippen LogP contribution in [-0.2, 0) is 6.42 Å². The molecule has 6 aromatic rings. The van der Waals surface area contributed by atoms with E-state index in [0.29, 0.717) is 5.92 Å². The Morgan fingerprint density at radius 2 is 1.35 bits per heavy atom. The Balaban J connectivity index is 1.47. The molecular formula is C43H34. The molecular weight excluding hydrogens is 516 g/mol. The van der Waals surface area contributed by atoms with E-state index in [0.717, 1.165) is 29.5 Å². The van der Waals surface area contributed by atoms with Crippen LogP contribution in [0.3, 0.4) is 0 Å². The summed E-state index contributed by atoms with van der Waals surface area (Å²) in [5.41, 5.74) is 12.4. The van der Waals surface area contributed by atoms with Gasteiger partial charge >= 0.3 is 0 Å². The summed E-state index contributed by atoms with van der Waals surface area (Å²) < 4.78 is 0. The lowest BCUT2D eigenvalue weighted by Gasteiger charge is -2.19. The van der Waals surface area contributed by atoms with Gasteiger partial charge in [-0.05, 0) is 115 Å². The number of allylic oxidation sites excluding steroid dienone is 2. The van der Waals surface area contributed by atoms with Gasteiger partial charge in [-0.2, -0.15) is 0 Å². The zero-order valence-corrected chi connectivity index (χ0v) is 24.8. The number of terminal acetylenes is 1. The van der Waals surface area contributed by atoms with Gasteiger partial charge in [-0.25, -0.2) is 0 Å². The van der Waals surface area contributed by atoms with Crippen molar-refractivity contribution in [3.05, 3.63) is 155 Å². The minimum absolute atomic E-state index is 0.643. The Kier molecular flexibility index (Phi) is 7.02. The van der Waals surface area contributed by atoms with E-state index in [1.165, 1.54) is 60.5 Å². The molecule has 0 heterocycles. The Bertz CT molecular complexity index is 2050. The zero-order chi connectivity index (χ0) is 29.3. The minimum Gasteiger partial charge on any atom is -0.115 e. The van der Waals surface area contributed by atoms with Crippen LogP contribution in [0, 0.1) is 25.2 Å². The van der Waals surface area contributed by atoms with Crippen molar-refractivity contribution >= 4 is 33.2 Å². The molecule has 0 N–H and O–H groups in total. The fourth-order valence-electron chi connectivity index (χ4n) is 6.85. The highest BCUT2D eigenvalue weighted by Gasteiger charge is 2.19. The second-order valence-corrected chi connectivity index (χ2v) is 11.8. The van der Waals surface area contributed by atoms with Gasteiger partial charge in [0, 0.05) is 0 Å². The maximum absolute atomic E-state index is 5.85. The van der Waals surface area contributed by atoms with E-state index in [4.69, 9.17) is 6.42 Å². The number of benzene rings is 6. The smallest absolute Gasteiger partial charge is 0.00251 e. The molecule has 0 amide bonds. The van der Waals surface area contributed by atoms with Crippen LogP contribution in [0.4, 0.5) is 0 Å². The van der Waals surface area contributed by atoms with Crippen molar-refractivity contribution in [3.63, 3.8) is 0 Å². The topological polar surface area (TPSA) is 0 Å². The summed E-state index contributed by atoms with van der Waals surface area (Å²) in [4.78, 5) is 0. The molecule has 7 rings (SSSR count). The first kappa shape index (κ1) is 26.8. The summed E-state index contributed by atoms with van der Waals surface area (Å²) in [5.74, 6) is 3.44. The minimum atomic E-state index is 0.643. The first-order chi connectivity index (χ1) is 21.1. The van der Waals surface area contributed by atoms with Crippen molar-refractivity contribution in [1.82, 2.24) is 0 Å². The van der Waals surface area contributed by atoms with Gasteiger partial charge in [-0.1, -0.05) is 134 Å². The van der Waals surface area contributed by atoms with E-state index in [2.05, 4.69) is 147 Å². The average Bonchev–Trinajstić information content (AvgIpc) is 3.22. The quantitative estimate of drug-likeness (QED) is 0.151. The standard InChI is InChI=1S/C43H34/c1-4-13-37(36-19-6-5-15-30(36)3)32-17-12-18-33(27-32)42-38-20-7-9-22-40(38)43(41-23-10-8-21-39(41)42)34-25-24-31-16-11-14-29(2)26-35(31)28-34/h1,5-13,15-25,27-29H,14,26H2,2-3H3/b37-13-. The average molecular weight is 551 g/mol. The van der Waals surface area contributed by atoms with Crippen molar-refractivity contribution in [3.8, 4) is 34.6 Å². The molecule has 0 aromatic heterocycles. The predicted octanol–water partition coefficient (Wildman–Crippen LogP) is 11.3. The molecule has 0 bridgehead atoms. The maximum atomic E-state index is 5.85. The Morgan fingerprint density at radius 1 is 0.721 bits per heavy atom. The first-order valence-electron chi connectivity index (χ1n) is 15.2. The van der Waals surface area contributed by atoms with Crippen LogP contribution in [0.25, 0.3) is 55.4 Å². The van der Waals surface area contributed by atoms with Crippen molar-refractivity contribution in [1.29, 1.82) is 0 Å². The van der Waals surface area contributed by atoms with Crippen LogP contribution in [0.1, 0.15) is 41.2 Å². The van der Waals surface area contributed by atoms with E-state index < -0.39 is 0 Å². The monoisotopic (exact) mass is 550 g/mol. The van der Waals surface area contributed by atoms with Crippen LogP contribution in [0.5, 0.6) is 0 Å². The molecule has 1 unspecified atom stereocenters. The zero-order valence-electron chi connectivity index (χ0n) is 24.8. The molecule has 0 heteroatoms. The van der Waals surface area contributed by atoms with Gasteiger partial charge in [0.2, 0.25) is 0 Å². The molecule has 0 saturated carbocycles. The highest BCUT2D eigenvalue weighted by atomic mass is 14.2. The Morgan fingerprint density at radius 3 is 2.00 bits per heavy atom. The van der Waals surface area contributed by atoms with Crippen LogP contribution in [0.15, 0.2) is 127 Å². The van der Waals surface area contributed by atoms with Crippen LogP contribution < -0.4 is 0 Å². The highest BCUT2D eigenvalue weighted by Crippen LogP contribution is 2.44. The SMILES string of the molecule is C#C/C=C(/c1cccc(-c2c3ccccc3c(-c3ccc4c(c3)CC(C)CC=C4)c3ccccc23)c1)c1ccccc1C. The molecule has 1 aliphatic rings. The largest absolute Gasteiger partial charge is 0.115 e. The number of fused-ring (bicyclic) bond motifs is 3. The van der Waals surface area contributed by atoms with E-state index >= 15 is 0 Å². The normalized spacial score (nSPS) is 14.8. The number of hydrogen-bond donors (Lipinski definition) is 0. The second kappa shape index (κ2) is 11.3. The van der Waals surface area contributed by atoms with Gasteiger partial charge in [-0.15, -0.1) is 6.42 Å². The molecule has 0 aliphatic heterocycles. The summed E-state index contributed by atoms with van der Waals surface area (Å²) in [6.07, 6.45) is 14.6. The van der Waals surface area contributed by atoms with E-state index in [1.54, 1.807) is 0 Å². The molecule has 1 atom stereocenters. The first-order valence-corrected chi connectivity index (χ1v) is 15.2. The fraction of sp³-hybridized carbons (Fsp3) is 0.116. The molecule has 0 radical (unpaired) electrons. The van der Waals surface area contributed by atoms with Crippen LogP contribution in [0.2, 0.25) is 0 Å². The van der Waals surface area contributed by atoms with Gasteiger partial charge in [0.05, 0.1) is 0 Å². The second-order valence-electron chi connectivity index (χ2n) is 11.8. The van der Waals surface area contributed by atoms with Gasteiger partial charge in [0.1, 0.15) is 0 Å².